The van der Waals surface area contributed by atoms with Crippen LogP contribution in [0, 0.1) is 0 Å². The summed E-state index contributed by atoms with van der Waals surface area (Å²) in [6.45, 7) is 7.23. The molecular weight excluding hydrogens is 198 g/mol. The van der Waals surface area contributed by atoms with Crippen molar-refractivity contribution in [1.82, 2.24) is 5.32 Å². The largest absolute Gasteiger partial charge is 0.464 e. The number of ether oxygens (including phenoxy) is 2. The quantitative estimate of drug-likeness (QED) is 0.657. The van der Waals surface area contributed by atoms with E-state index in [4.69, 9.17) is 9.47 Å². The van der Waals surface area contributed by atoms with Crippen molar-refractivity contribution in [2.45, 2.75) is 39.8 Å². The highest BCUT2D eigenvalue weighted by molar-refractivity contribution is 5.84. The Morgan fingerprint density at radius 3 is 2.33 bits per heavy atom. The van der Waals surface area contributed by atoms with Gasteiger partial charge in [-0.2, -0.15) is 0 Å². The third-order valence-electron chi connectivity index (χ3n) is 1.57. The van der Waals surface area contributed by atoms with Gasteiger partial charge in [0.1, 0.15) is 12.6 Å². The Morgan fingerprint density at radius 2 is 1.87 bits per heavy atom. The monoisotopic (exact) mass is 217 g/mol. The number of amides is 1. The zero-order valence-electron chi connectivity index (χ0n) is 9.70. The van der Waals surface area contributed by atoms with Gasteiger partial charge in [-0.25, -0.2) is 4.79 Å². The van der Waals surface area contributed by atoms with Crippen LogP contribution in [0.1, 0.15) is 27.7 Å². The number of nitrogens with one attached hydrogen (secondary N) is 1. The summed E-state index contributed by atoms with van der Waals surface area (Å²) in [6, 6.07) is -0.631. The van der Waals surface area contributed by atoms with Gasteiger partial charge in [-0.05, 0) is 27.7 Å². The molecule has 0 bridgehead atoms. The molecule has 5 nitrogen and oxygen atoms in total. The van der Waals surface area contributed by atoms with Gasteiger partial charge in [-0.1, -0.05) is 0 Å². The van der Waals surface area contributed by atoms with Crippen LogP contribution in [0.4, 0.5) is 0 Å². The first-order valence-electron chi connectivity index (χ1n) is 5.05. The lowest BCUT2D eigenvalue weighted by molar-refractivity contribution is -0.147. The number of rotatable bonds is 6. The summed E-state index contributed by atoms with van der Waals surface area (Å²) >= 11 is 0. The first-order chi connectivity index (χ1) is 6.97. The van der Waals surface area contributed by atoms with Gasteiger partial charge < -0.3 is 14.8 Å². The normalized spacial score (nSPS) is 12.3. The van der Waals surface area contributed by atoms with Crippen LogP contribution in [0.5, 0.6) is 0 Å². The zero-order valence-corrected chi connectivity index (χ0v) is 9.70. The second-order valence-corrected chi connectivity index (χ2v) is 3.40. The predicted molar refractivity (Wildman–Crippen MR) is 55.3 cm³/mol. The Kier molecular flexibility index (Phi) is 6.70. The second kappa shape index (κ2) is 7.23. The maximum Gasteiger partial charge on any atom is 0.328 e. The molecule has 0 spiro atoms. The molecular formula is C10H19NO4. The first-order valence-corrected chi connectivity index (χ1v) is 5.05. The molecule has 0 aromatic rings. The Balaban J connectivity index is 3.80. The highest BCUT2D eigenvalue weighted by Gasteiger charge is 2.16. The molecule has 88 valence electrons. The summed E-state index contributed by atoms with van der Waals surface area (Å²) in [4.78, 5) is 22.4. The van der Waals surface area contributed by atoms with Crippen molar-refractivity contribution in [2.75, 3.05) is 13.2 Å². The maximum atomic E-state index is 11.2. The molecule has 0 aliphatic rings. The van der Waals surface area contributed by atoms with Crippen LogP contribution in [-0.2, 0) is 19.1 Å². The van der Waals surface area contributed by atoms with Crippen LogP contribution < -0.4 is 5.32 Å². The molecule has 5 heteroatoms. The van der Waals surface area contributed by atoms with Crippen LogP contribution in [0.25, 0.3) is 0 Å². The number of carbonyl (C=O) groups is 2. The van der Waals surface area contributed by atoms with E-state index in [9.17, 15) is 9.59 Å². The van der Waals surface area contributed by atoms with Gasteiger partial charge in [0.2, 0.25) is 5.91 Å². The Morgan fingerprint density at radius 1 is 1.27 bits per heavy atom. The van der Waals surface area contributed by atoms with E-state index in [1.54, 1.807) is 13.8 Å². The highest BCUT2D eigenvalue weighted by Crippen LogP contribution is 1.90. The van der Waals surface area contributed by atoms with Crippen molar-refractivity contribution in [2.24, 2.45) is 0 Å². The Hall–Kier alpha value is -1.10. The summed E-state index contributed by atoms with van der Waals surface area (Å²) < 4.78 is 9.82. The minimum atomic E-state index is -0.631. The van der Waals surface area contributed by atoms with E-state index in [1.165, 1.54) is 0 Å². The minimum Gasteiger partial charge on any atom is -0.464 e. The van der Waals surface area contributed by atoms with Gasteiger partial charge in [0.15, 0.2) is 0 Å². The lowest BCUT2D eigenvalue weighted by atomic mass is 10.3. The Bertz CT molecular complexity index is 215. The number of esters is 1. The maximum absolute atomic E-state index is 11.2. The second-order valence-electron chi connectivity index (χ2n) is 3.40. The topological polar surface area (TPSA) is 64.6 Å². The molecule has 1 N–H and O–H groups in total. The standard InChI is InChI=1S/C10H19NO4/c1-5-14-10(13)8(4)11-9(12)6-15-7(2)3/h7-8H,5-6H2,1-4H3,(H,11,12)/t8-/m0/s1. The Labute approximate surface area is 90.1 Å². The van der Waals surface area contributed by atoms with Crippen LogP contribution in [0.15, 0.2) is 0 Å². The molecule has 0 aliphatic heterocycles. The first kappa shape index (κ1) is 13.9. The van der Waals surface area contributed by atoms with E-state index in [0.717, 1.165) is 0 Å². The van der Waals surface area contributed by atoms with Crippen LogP contribution in [0.2, 0.25) is 0 Å². The van der Waals surface area contributed by atoms with Gasteiger partial charge in [-0.3, -0.25) is 4.79 Å². The van der Waals surface area contributed by atoms with Gasteiger partial charge in [-0.15, -0.1) is 0 Å². The van der Waals surface area contributed by atoms with Gasteiger partial charge in [0.05, 0.1) is 12.7 Å². The fourth-order valence-corrected chi connectivity index (χ4v) is 0.852. The third kappa shape index (κ3) is 6.90. The summed E-state index contributed by atoms with van der Waals surface area (Å²) in [5, 5.41) is 2.48. The molecule has 0 radical (unpaired) electrons. The fraction of sp³-hybridized carbons (Fsp3) is 0.800. The molecule has 0 unspecified atom stereocenters. The average Bonchev–Trinajstić information content (AvgIpc) is 2.15. The molecule has 0 aromatic carbocycles. The molecule has 15 heavy (non-hydrogen) atoms. The zero-order chi connectivity index (χ0) is 11.8. The smallest absolute Gasteiger partial charge is 0.328 e. The molecule has 1 atom stereocenters. The van der Waals surface area contributed by atoms with E-state index in [2.05, 4.69) is 5.32 Å². The molecule has 0 saturated heterocycles. The van der Waals surface area contributed by atoms with E-state index in [-0.39, 0.29) is 18.6 Å². The number of hydrogen-bond donors (Lipinski definition) is 1. The molecule has 0 aromatic heterocycles. The molecule has 0 rings (SSSR count). The van der Waals surface area contributed by atoms with Gasteiger partial charge in [0.25, 0.3) is 0 Å². The van der Waals surface area contributed by atoms with Crippen molar-refractivity contribution < 1.29 is 19.1 Å². The fourth-order valence-electron chi connectivity index (χ4n) is 0.852. The van der Waals surface area contributed by atoms with Crippen molar-refractivity contribution >= 4 is 11.9 Å². The van der Waals surface area contributed by atoms with Crippen molar-refractivity contribution in [1.29, 1.82) is 0 Å². The van der Waals surface area contributed by atoms with Crippen molar-refractivity contribution in [3.8, 4) is 0 Å². The van der Waals surface area contributed by atoms with E-state index in [1.807, 2.05) is 13.8 Å². The van der Waals surface area contributed by atoms with Crippen LogP contribution in [-0.4, -0.2) is 37.2 Å². The number of carbonyl (C=O) groups excluding carboxylic acids is 2. The van der Waals surface area contributed by atoms with Gasteiger partial charge in [0, 0.05) is 0 Å². The predicted octanol–water partition coefficient (Wildman–Crippen LogP) is 0.479. The summed E-state index contributed by atoms with van der Waals surface area (Å²) in [6.07, 6.45) is -0.00588. The highest BCUT2D eigenvalue weighted by atomic mass is 16.5. The van der Waals surface area contributed by atoms with Crippen LogP contribution in [0.3, 0.4) is 0 Å². The summed E-state index contributed by atoms with van der Waals surface area (Å²) in [5.41, 5.74) is 0. The number of hydrogen-bond acceptors (Lipinski definition) is 4. The summed E-state index contributed by atoms with van der Waals surface area (Å²) in [5.74, 6) is -0.750. The van der Waals surface area contributed by atoms with E-state index >= 15 is 0 Å². The average molecular weight is 217 g/mol. The molecule has 0 fully saturated rings. The molecule has 1 amide bonds. The molecule has 0 aliphatic carbocycles. The van der Waals surface area contributed by atoms with Gasteiger partial charge >= 0.3 is 5.97 Å². The van der Waals surface area contributed by atoms with E-state index in [0.29, 0.717) is 6.61 Å². The minimum absolute atomic E-state index is 0.00588. The SMILES string of the molecule is CCOC(=O)[C@H](C)NC(=O)COC(C)C. The summed E-state index contributed by atoms with van der Waals surface area (Å²) in [7, 11) is 0. The lowest BCUT2D eigenvalue weighted by Gasteiger charge is -2.13. The molecule has 0 saturated carbocycles. The van der Waals surface area contributed by atoms with Crippen LogP contribution >= 0.6 is 0 Å². The third-order valence-corrected chi connectivity index (χ3v) is 1.57. The lowest BCUT2D eigenvalue weighted by Crippen LogP contribution is -2.41. The van der Waals surface area contributed by atoms with E-state index < -0.39 is 12.0 Å². The van der Waals surface area contributed by atoms with Crippen molar-refractivity contribution in [3.05, 3.63) is 0 Å². The van der Waals surface area contributed by atoms with Crippen molar-refractivity contribution in [3.63, 3.8) is 0 Å². The molecule has 0 heterocycles.